The molecule has 0 aromatic heterocycles. The first-order valence-corrected chi connectivity index (χ1v) is 3.96. The maximum Gasteiger partial charge on any atom is 0.275 e. The van der Waals surface area contributed by atoms with Gasteiger partial charge in [-0.15, -0.1) is 0 Å². The molecule has 1 amide bonds. The fourth-order valence-corrected chi connectivity index (χ4v) is 0.937. The molecule has 0 aromatic carbocycles. The van der Waals surface area contributed by atoms with E-state index in [0.717, 1.165) is 0 Å². The summed E-state index contributed by atoms with van der Waals surface area (Å²) in [6, 6.07) is 1.69. The Hall–Kier alpha value is -1.38. The number of amides is 1. The molecule has 0 unspecified atom stereocenters. The molecule has 1 heterocycles. The lowest BCUT2D eigenvalue weighted by Crippen LogP contribution is -2.48. The summed E-state index contributed by atoms with van der Waals surface area (Å²) >= 11 is 0. The van der Waals surface area contributed by atoms with Crippen LogP contribution in [0, 0.1) is 11.3 Å². The van der Waals surface area contributed by atoms with E-state index in [1.165, 1.54) is 0 Å². The van der Waals surface area contributed by atoms with Crippen LogP contribution in [0.4, 0.5) is 0 Å². The number of nitrogens with one attached hydrogen (secondary N) is 1. The molecular formula is C8H11N3O2. The van der Waals surface area contributed by atoms with Crippen LogP contribution in [0.3, 0.4) is 0 Å². The van der Waals surface area contributed by atoms with Crippen LogP contribution < -0.4 is 5.43 Å². The van der Waals surface area contributed by atoms with Gasteiger partial charge in [-0.25, -0.2) is 5.01 Å². The summed E-state index contributed by atoms with van der Waals surface area (Å²) in [6.45, 7) is 5.79. The minimum atomic E-state index is -0.440. The highest BCUT2D eigenvalue weighted by molar-refractivity contribution is 5.96. The van der Waals surface area contributed by atoms with E-state index in [9.17, 15) is 4.79 Å². The van der Waals surface area contributed by atoms with E-state index >= 15 is 0 Å². The monoisotopic (exact) mass is 181 g/mol. The highest BCUT2D eigenvalue weighted by Gasteiger charge is 2.14. The molecule has 1 fully saturated rings. The smallest absolute Gasteiger partial charge is 0.275 e. The Bertz CT molecular complexity index is 251. The number of carbonyl (C=O) groups is 1. The third-order valence-electron chi connectivity index (χ3n) is 1.68. The lowest BCUT2D eigenvalue weighted by atomic mass is 10.3. The highest BCUT2D eigenvalue weighted by Crippen LogP contribution is 1.94. The zero-order valence-electron chi connectivity index (χ0n) is 7.25. The average molecular weight is 181 g/mol. The third-order valence-corrected chi connectivity index (χ3v) is 1.68. The van der Waals surface area contributed by atoms with Crippen LogP contribution in [0.2, 0.25) is 0 Å². The van der Waals surface area contributed by atoms with Crippen molar-refractivity contribution in [2.24, 2.45) is 0 Å². The molecule has 0 aliphatic carbocycles. The van der Waals surface area contributed by atoms with Crippen LogP contribution in [0.15, 0.2) is 12.2 Å². The van der Waals surface area contributed by atoms with Gasteiger partial charge >= 0.3 is 0 Å². The fraction of sp³-hybridized carbons (Fsp3) is 0.500. The second-order valence-electron chi connectivity index (χ2n) is 2.63. The number of morpholine rings is 1. The number of nitriles is 1. The first-order valence-electron chi connectivity index (χ1n) is 3.96. The highest BCUT2D eigenvalue weighted by atomic mass is 16.5. The Kier molecular flexibility index (Phi) is 3.43. The molecule has 1 rings (SSSR count). The molecule has 1 saturated heterocycles. The van der Waals surface area contributed by atoms with Crippen molar-refractivity contribution in [3.63, 3.8) is 0 Å². The second-order valence-corrected chi connectivity index (χ2v) is 2.63. The van der Waals surface area contributed by atoms with E-state index in [-0.39, 0.29) is 5.57 Å². The standard InChI is InChI=1S/C8H11N3O2/c1-7(6-9)8(12)10-11-2-4-13-5-3-11/h1-5H2,(H,10,12). The number of nitrogens with zero attached hydrogens (tertiary/aromatic N) is 2. The van der Waals surface area contributed by atoms with Gasteiger partial charge < -0.3 is 4.74 Å². The number of hydrogen-bond donors (Lipinski definition) is 1. The Morgan fingerprint density at radius 3 is 2.69 bits per heavy atom. The van der Waals surface area contributed by atoms with Crippen LogP contribution in [0.25, 0.3) is 0 Å². The van der Waals surface area contributed by atoms with Gasteiger partial charge in [-0.2, -0.15) is 5.26 Å². The predicted molar refractivity (Wildman–Crippen MR) is 45.3 cm³/mol. The largest absolute Gasteiger partial charge is 0.379 e. The first kappa shape index (κ1) is 9.71. The van der Waals surface area contributed by atoms with Gasteiger partial charge in [0.1, 0.15) is 11.6 Å². The Morgan fingerprint density at radius 1 is 1.54 bits per heavy atom. The molecule has 5 nitrogen and oxygen atoms in total. The van der Waals surface area contributed by atoms with Crippen molar-refractivity contribution >= 4 is 5.91 Å². The molecule has 1 aliphatic rings. The number of carbonyl (C=O) groups excluding carboxylic acids is 1. The average Bonchev–Trinajstić information content (AvgIpc) is 2.18. The normalized spacial score (nSPS) is 17.5. The van der Waals surface area contributed by atoms with Gasteiger partial charge in [0.15, 0.2) is 0 Å². The summed E-state index contributed by atoms with van der Waals surface area (Å²) < 4.78 is 5.09. The molecule has 1 N–H and O–H groups in total. The van der Waals surface area contributed by atoms with Gasteiger partial charge in [0.05, 0.1) is 13.2 Å². The van der Waals surface area contributed by atoms with E-state index in [2.05, 4.69) is 12.0 Å². The van der Waals surface area contributed by atoms with E-state index < -0.39 is 5.91 Å². The summed E-state index contributed by atoms with van der Waals surface area (Å²) in [5, 5.41) is 10.1. The Morgan fingerprint density at radius 2 is 2.15 bits per heavy atom. The Balaban J connectivity index is 2.35. The molecule has 70 valence electrons. The van der Waals surface area contributed by atoms with E-state index in [4.69, 9.17) is 10.00 Å². The quantitative estimate of drug-likeness (QED) is 0.457. The molecule has 1 aliphatic heterocycles. The van der Waals surface area contributed by atoms with Crippen molar-refractivity contribution in [1.29, 1.82) is 5.26 Å². The molecule has 0 saturated carbocycles. The topological polar surface area (TPSA) is 65.4 Å². The van der Waals surface area contributed by atoms with E-state index in [0.29, 0.717) is 26.3 Å². The molecule has 0 radical (unpaired) electrons. The predicted octanol–water partition coefficient (Wildman–Crippen LogP) is -0.570. The zero-order valence-corrected chi connectivity index (χ0v) is 7.25. The van der Waals surface area contributed by atoms with Gasteiger partial charge in [-0.3, -0.25) is 10.2 Å². The third kappa shape index (κ3) is 2.86. The van der Waals surface area contributed by atoms with E-state index in [1.807, 2.05) is 0 Å². The van der Waals surface area contributed by atoms with Crippen LogP contribution in [0.1, 0.15) is 0 Å². The van der Waals surface area contributed by atoms with Crippen molar-refractivity contribution in [3.05, 3.63) is 12.2 Å². The summed E-state index contributed by atoms with van der Waals surface area (Å²) in [5.74, 6) is -0.440. The molecule has 0 atom stereocenters. The van der Waals surface area contributed by atoms with Gasteiger partial charge in [0.25, 0.3) is 5.91 Å². The first-order chi connectivity index (χ1) is 6.24. The molecule has 5 heteroatoms. The molecule has 0 spiro atoms. The van der Waals surface area contributed by atoms with Crippen molar-refractivity contribution in [2.45, 2.75) is 0 Å². The number of hydrogen-bond acceptors (Lipinski definition) is 4. The molecular weight excluding hydrogens is 170 g/mol. The van der Waals surface area contributed by atoms with Crippen molar-refractivity contribution in [3.8, 4) is 6.07 Å². The number of hydrazine groups is 1. The number of ether oxygens (including phenoxy) is 1. The van der Waals surface area contributed by atoms with Crippen LogP contribution in [0.5, 0.6) is 0 Å². The summed E-state index contributed by atoms with van der Waals surface area (Å²) in [4.78, 5) is 11.1. The Labute approximate surface area is 76.5 Å². The SMILES string of the molecule is C=C(C#N)C(=O)NN1CCOCC1. The van der Waals surface area contributed by atoms with Crippen molar-refractivity contribution in [2.75, 3.05) is 26.3 Å². The second kappa shape index (κ2) is 4.60. The maximum absolute atomic E-state index is 11.1. The summed E-state index contributed by atoms with van der Waals surface area (Å²) in [5.41, 5.74) is 2.48. The van der Waals surface area contributed by atoms with Gasteiger partial charge in [-0.05, 0) is 0 Å². The van der Waals surface area contributed by atoms with Crippen molar-refractivity contribution < 1.29 is 9.53 Å². The fourth-order valence-electron chi connectivity index (χ4n) is 0.937. The van der Waals surface area contributed by atoms with Gasteiger partial charge in [0, 0.05) is 13.1 Å². The lowest BCUT2D eigenvalue weighted by Gasteiger charge is -2.26. The van der Waals surface area contributed by atoms with Gasteiger partial charge in [-0.1, -0.05) is 6.58 Å². The minimum Gasteiger partial charge on any atom is -0.379 e. The maximum atomic E-state index is 11.1. The molecule has 0 aromatic rings. The zero-order chi connectivity index (χ0) is 9.68. The molecule has 0 bridgehead atoms. The lowest BCUT2D eigenvalue weighted by molar-refractivity contribution is -0.123. The van der Waals surface area contributed by atoms with E-state index in [1.54, 1.807) is 11.1 Å². The molecule has 13 heavy (non-hydrogen) atoms. The van der Waals surface area contributed by atoms with Crippen molar-refractivity contribution in [1.82, 2.24) is 10.4 Å². The summed E-state index contributed by atoms with van der Waals surface area (Å²) in [6.07, 6.45) is 0. The number of rotatable bonds is 2. The van der Waals surface area contributed by atoms with Gasteiger partial charge in [0.2, 0.25) is 0 Å². The summed E-state index contributed by atoms with van der Waals surface area (Å²) in [7, 11) is 0. The van der Waals surface area contributed by atoms with Crippen LogP contribution >= 0.6 is 0 Å². The minimum absolute atomic E-state index is 0.0773. The van der Waals surface area contributed by atoms with Crippen LogP contribution in [-0.2, 0) is 9.53 Å². The van der Waals surface area contributed by atoms with Crippen LogP contribution in [-0.4, -0.2) is 37.2 Å².